The number of aromatic nitrogens is 1. The third-order valence-electron chi connectivity index (χ3n) is 7.74. The van der Waals surface area contributed by atoms with E-state index in [0.717, 1.165) is 30.5 Å². The van der Waals surface area contributed by atoms with Crippen molar-refractivity contribution in [3.05, 3.63) is 70.9 Å². The van der Waals surface area contributed by atoms with Gasteiger partial charge in [-0.2, -0.15) is 0 Å². The highest BCUT2D eigenvalue weighted by atomic mass is 16.7. The summed E-state index contributed by atoms with van der Waals surface area (Å²) in [5.41, 5.74) is 4.22. The lowest BCUT2D eigenvalue weighted by molar-refractivity contribution is -0.145. The molecule has 2 aliphatic heterocycles. The first kappa shape index (κ1) is 25.6. The first-order valence-electron chi connectivity index (χ1n) is 12.6. The minimum atomic E-state index is -1.96. The van der Waals surface area contributed by atoms with Crippen LogP contribution in [0.3, 0.4) is 0 Å². The highest BCUT2D eigenvalue weighted by Crippen LogP contribution is 2.58. The molecule has 4 N–H and O–H groups in total. The Morgan fingerprint density at radius 2 is 1.97 bits per heavy atom. The highest BCUT2D eigenvalue weighted by Gasteiger charge is 2.85. The van der Waals surface area contributed by atoms with Crippen LogP contribution in [0.4, 0.5) is 5.82 Å². The zero-order valence-corrected chi connectivity index (χ0v) is 21.7. The number of carbonyl (C=O) groups excluding carboxylic acids is 3. The maximum absolute atomic E-state index is 13.6. The molecule has 10 heteroatoms. The van der Waals surface area contributed by atoms with Crippen LogP contribution in [0.15, 0.2) is 59.2 Å². The summed E-state index contributed by atoms with van der Waals surface area (Å²) < 4.78 is 10.8. The number of rotatable bonds is 6. The molecule has 1 aromatic carbocycles. The lowest BCUT2D eigenvalue weighted by atomic mass is 9.72. The molecule has 1 aliphatic carbocycles. The van der Waals surface area contributed by atoms with Gasteiger partial charge in [0.2, 0.25) is 5.78 Å². The molecule has 3 aliphatic rings. The van der Waals surface area contributed by atoms with E-state index in [9.17, 15) is 14.4 Å². The number of nitrogens with two attached hydrogens (primary N) is 1. The van der Waals surface area contributed by atoms with Crippen LogP contribution < -0.4 is 16.4 Å². The predicted molar refractivity (Wildman–Crippen MR) is 141 cm³/mol. The van der Waals surface area contributed by atoms with Gasteiger partial charge < -0.3 is 25.8 Å². The summed E-state index contributed by atoms with van der Waals surface area (Å²) >= 11 is 0. The smallest absolute Gasteiger partial charge is 0.350 e. The van der Waals surface area contributed by atoms with Crippen LogP contribution >= 0.6 is 0 Å². The van der Waals surface area contributed by atoms with Gasteiger partial charge in [-0.25, -0.2) is 9.78 Å². The Labute approximate surface area is 220 Å². The zero-order chi connectivity index (χ0) is 27.1. The molecule has 0 spiro atoms. The average molecular weight is 518 g/mol. The van der Waals surface area contributed by atoms with Crippen LogP contribution in [0.1, 0.15) is 58.9 Å². The van der Waals surface area contributed by atoms with Gasteiger partial charge in [-0.1, -0.05) is 35.9 Å². The molecule has 198 valence electrons. The Kier molecular flexibility index (Phi) is 6.30. The van der Waals surface area contributed by atoms with Crippen molar-refractivity contribution in [3.63, 3.8) is 0 Å². The summed E-state index contributed by atoms with van der Waals surface area (Å²) in [6, 6.07) is 10.3. The topological polar surface area (TPSA) is 148 Å². The molecule has 2 aromatic rings. The van der Waals surface area contributed by atoms with Gasteiger partial charge in [0.05, 0.1) is 12.6 Å². The Morgan fingerprint density at radius 3 is 2.66 bits per heavy atom. The molecule has 38 heavy (non-hydrogen) atoms. The van der Waals surface area contributed by atoms with Gasteiger partial charge in [-0.15, -0.1) is 0 Å². The minimum absolute atomic E-state index is 0.0500. The maximum atomic E-state index is 13.6. The van der Waals surface area contributed by atoms with Crippen molar-refractivity contribution in [2.75, 3.05) is 26.4 Å². The SMILES string of the molecule is CN=C1NCCCC(CC(C)=CCC23OC2(C(=O)OC)C(=O)c2ccccc2C3=O)(c2ccnc(N)c2)N1. The van der Waals surface area contributed by atoms with Gasteiger partial charge in [-0.05, 0) is 43.9 Å². The van der Waals surface area contributed by atoms with Crippen LogP contribution in [0, 0.1) is 0 Å². The molecule has 2 fully saturated rings. The number of hydrogen-bond acceptors (Lipinski definition) is 8. The summed E-state index contributed by atoms with van der Waals surface area (Å²) in [6.07, 6.45) is 5.82. The van der Waals surface area contributed by atoms with E-state index in [0.29, 0.717) is 18.2 Å². The number of nitrogen functional groups attached to an aromatic ring is 1. The second-order valence-corrected chi connectivity index (χ2v) is 10.0. The maximum Gasteiger partial charge on any atom is 0.350 e. The Bertz CT molecular complexity index is 1390. The van der Waals surface area contributed by atoms with E-state index in [1.807, 2.05) is 25.1 Å². The molecule has 5 rings (SSSR count). The quantitative estimate of drug-likeness (QED) is 0.227. The molecule has 3 atom stereocenters. The van der Waals surface area contributed by atoms with E-state index < -0.39 is 34.3 Å². The van der Waals surface area contributed by atoms with Crippen LogP contribution in [0.2, 0.25) is 0 Å². The first-order valence-corrected chi connectivity index (χ1v) is 12.6. The normalized spacial score (nSPS) is 29.4. The Hall–Kier alpha value is -4.05. The van der Waals surface area contributed by atoms with Crippen molar-refractivity contribution < 1.29 is 23.9 Å². The molecule has 1 aromatic heterocycles. The number of methoxy groups -OCH3 is 1. The lowest BCUT2D eigenvalue weighted by Crippen LogP contribution is -2.50. The number of carbonyl (C=O) groups is 3. The number of ketones is 2. The highest BCUT2D eigenvalue weighted by molar-refractivity contribution is 6.32. The number of ether oxygens (including phenoxy) is 2. The Balaban J connectivity index is 1.50. The van der Waals surface area contributed by atoms with Crippen molar-refractivity contribution in [2.45, 2.75) is 49.3 Å². The number of guanidine groups is 1. The first-order chi connectivity index (χ1) is 18.2. The standard InChI is InChI=1S/C28H31N5O5/c1-17(16-26(18-10-14-31-21(29)15-18)11-6-13-32-25(30-2)33-26)9-12-27-22(34)19-7-4-5-8-20(19)23(35)28(27,38-27)24(36)37-3/h4-5,7-10,14-15H,6,11-13,16H2,1-3H3,(H2,29,31)(H2,30,32,33). The molecule has 0 saturated carbocycles. The number of anilines is 1. The Morgan fingerprint density at radius 1 is 1.24 bits per heavy atom. The number of esters is 1. The zero-order valence-electron chi connectivity index (χ0n) is 21.7. The number of nitrogens with one attached hydrogen (secondary N) is 2. The van der Waals surface area contributed by atoms with E-state index in [2.05, 4.69) is 20.6 Å². The van der Waals surface area contributed by atoms with Gasteiger partial charge >= 0.3 is 5.97 Å². The van der Waals surface area contributed by atoms with Crippen molar-refractivity contribution in [1.29, 1.82) is 0 Å². The fourth-order valence-corrected chi connectivity index (χ4v) is 5.81. The van der Waals surface area contributed by atoms with E-state index in [1.54, 1.807) is 31.4 Å². The molecule has 10 nitrogen and oxygen atoms in total. The summed E-state index contributed by atoms with van der Waals surface area (Å²) in [6.45, 7) is 2.72. The fourth-order valence-electron chi connectivity index (χ4n) is 5.81. The van der Waals surface area contributed by atoms with Crippen LogP contribution in [0.25, 0.3) is 0 Å². The number of pyridine rings is 1. The molecule has 3 unspecified atom stereocenters. The number of benzene rings is 1. The predicted octanol–water partition coefficient (Wildman–Crippen LogP) is 2.30. The number of epoxide rings is 1. The van der Waals surface area contributed by atoms with E-state index >= 15 is 0 Å². The summed E-state index contributed by atoms with van der Waals surface area (Å²) in [4.78, 5) is 48.4. The third-order valence-corrected chi connectivity index (χ3v) is 7.74. The molecule has 2 saturated heterocycles. The van der Waals surface area contributed by atoms with Crippen molar-refractivity contribution in [1.82, 2.24) is 15.6 Å². The number of aliphatic imine (C=N–C) groups is 1. The summed E-state index contributed by atoms with van der Waals surface area (Å²) in [5.74, 6) is -0.717. The summed E-state index contributed by atoms with van der Waals surface area (Å²) in [5, 5.41) is 6.87. The number of Topliss-reactive ketones (excluding diaryl/α,β-unsaturated/α-hetero) is 2. The van der Waals surface area contributed by atoms with Crippen LogP contribution in [-0.2, 0) is 19.8 Å². The number of fused-ring (bicyclic) bond motifs is 2. The third kappa shape index (κ3) is 3.78. The number of hydrogen-bond donors (Lipinski definition) is 3. The number of nitrogens with zero attached hydrogens (tertiary/aromatic N) is 2. The fraction of sp³-hybridized carbons (Fsp3) is 0.393. The molecule has 3 heterocycles. The van der Waals surface area contributed by atoms with E-state index in [1.165, 1.54) is 13.2 Å². The van der Waals surface area contributed by atoms with Crippen molar-refractivity contribution in [3.8, 4) is 0 Å². The van der Waals surface area contributed by atoms with Gasteiger partial charge in [0.15, 0.2) is 17.3 Å². The molecule has 0 radical (unpaired) electrons. The molecular weight excluding hydrogens is 486 g/mol. The molecule has 0 amide bonds. The van der Waals surface area contributed by atoms with E-state index in [4.69, 9.17) is 15.2 Å². The van der Waals surface area contributed by atoms with Gasteiger partial charge in [0, 0.05) is 37.3 Å². The second kappa shape index (κ2) is 9.36. The van der Waals surface area contributed by atoms with Gasteiger partial charge in [-0.3, -0.25) is 14.6 Å². The second-order valence-electron chi connectivity index (χ2n) is 10.0. The summed E-state index contributed by atoms with van der Waals surface area (Å²) in [7, 11) is 2.90. The minimum Gasteiger partial charge on any atom is -0.466 e. The van der Waals surface area contributed by atoms with E-state index in [-0.39, 0.29) is 17.5 Å². The van der Waals surface area contributed by atoms with Crippen molar-refractivity contribution >= 4 is 29.3 Å². The molecule has 0 bridgehead atoms. The van der Waals surface area contributed by atoms with Crippen molar-refractivity contribution in [2.24, 2.45) is 4.99 Å². The van der Waals surface area contributed by atoms with Crippen LogP contribution in [-0.4, -0.2) is 60.4 Å². The van der Waals surface area contributed by atoms with Crippen LogP contribution in [0.5, 0.6) is 0 Å². The average Bonchev–Trinajstić information content (AvgIpc) is 3.67. The van der Waals surface area contributed by atoms with Gasteiger partial charge in [0.1, 0.15) is 5.82 Å². The largest absolute Gasteiger partial charge is 0.466 e. The monoisotopic (exact) mass is 517 g/mol. The lowest BCUT2D eigenvalue weighted by Gasteiger charge is -2.35. The van der Waals surface area contributed by atoms with Gasteiger partial charge in [0.25, 0.3) is 5.60 Å². The molecular formula is C28H31N5O5.